The highest BCUT2D eigenvalue weighted by molar-refractivity contribution is 6.31. The van der Waals surface area contributed by atoms with E-state index >= 15 is 0 Å². The summed E-state index contributed by atoms with van der Waals surface area (Å²) in [5, 5.41) is 14.3. The van der Waals surface area contributed by atoms with Gasteiger partial charge in [-0.2, -0.15) is 5.10 Å². The van der Waals surface area contributed by atoms with Crippen molar-refractivity contribution < 1.29 is 5.11 Å². The molecule has 0 aromatic carbocycles. The lowest BCUT2D eigenvalue weighted by Crippen LogP contribution is -2.09. The van der Waals surface area contributed by atoms with Gasteiger partial charge in [0.25, 0.3) is 0 Å². The molecule has 2 aromatic rings. The van der Waals surface area contributed by atoms with Gasteiger partial charge in [0, 0.05) is 18.4 Å². The minimum Gasteiger partial charge on any atom is -0.390 e. The summed E-state index contributed by atoms with van der Waals surface area (Å²) in [6.07, 6.45) is 1.93. The smallest absolute Gasteiger partial charge is 0.0865 e. The van der Waals surface area contributed by atoms with Gasteiger partial charge in [-0.05, 0) is 26.0 Å². The molecule has 0 saturated carbocycles. The molecule has 1 N–H and O–H groups in total. The van der Waals surface area contributed by atoms with Gasteiger partial charge >= 0.3 is 0 Å². The van der Waals surface area contributed by atoms with E-state index in [1.807, 2.05) is 41.4 Å². The molecule has 0 aliphatic carbocycles. The zero-order valence-electron chi connectivity index (χ0n) is 10.0. The summed E-state index contributed by atoms with van der Waals surface area (Å²) in [5.41, 5.74) is 2.71. The molecule has 2 aromatic heterocycles. The molecule has 0 saturated heterocycles. The van der Waals surface area contributed by atoms with Crippen LogP contribution < -0.4 is 0 Å². The molecule has 0 fully saturated rings. The van der Waals surface area contributed by atoms with Crippen LogP contribution in [0.25, 0.3) is 0 Å². The minimum absolute atomic E-state index is 0.0316. The molecule has 17 heavy (non-hydrogen) atoms. The molecule has 2 heterocycles. The van der Waals surface area contributed by atoms with Gasteiger partial charge in [0.05, 0.1) is 29.6 Å². The Balaban J connectivity index is 2.35. The van der Waals surface area contributed by atoms with Gasteiger partial charge in [0.15, 0.2) is 0 Å². The fraction of sp³-hybridized carbons (Fsp3) is 0.417. The Morgan fingerprint density at radius 3 is 2.88 bits per heavy atom. The van der Waals surface area contributed by atoms with E-state index in [0.717, 1.165) is 23.6 Å². The third-order valence-corrected chi connectivity index (χ3v) is 3.35. The molecule has 5 heteroatoms. The molecular formula is C12H16ClN3O. The largest absolute Gasteiger partial charge is 0.390 e. The van der Waals surface area contributed by atoms with Crippen LogP contribution in [0.15, 0.2) is 18.3 Å². The Kier molecular flexibility index (Phi) is 3.54. The predicted molar refractivity (Wildman–Crippen MR) is 67.1 cm³/mol. The van der Waals surface area contributed by atoms with Crippen molar-refractivity contribution in [1.29, 1.82) is 0 Å². The van der Waals surface area contributed by atoms with Crippen molar-refractivity contribution >= 4 is 11.6 Å². The second-order valence-electron chi connectivity index (χ2n) is 3.95. The number of hydrogen-bond acceptors (Lipinski definition) is 2. The van der Waals surface area contributed by atoms with E-state index in [4.69, 9.17) is 11.6 Å². The minimum atomic E-state index is 0.0316. The van der Waals surface area contributed by atoms with Crippen LogP contribution in [-0.2, 0) is 19.7 Å². The highest BCUT2D eigenvalue weighted by Gasteiger charge is 2.13. The van der Waals surface area contributed by atoms with Crippen LogP contribution >= 0.6 is 11.6 Å². The first-order chi connectivity index (χ1) is 8.17. The predicted octanol–water partition coefficient (Wildman–Crippen LogP) is 2.21. The molecular weight excluding hydrogens is 238 g/mol. The number of aromatic nitrogens is 3. The van der Waals surface area contributed by atoms with Crippen LogP contribution in [0.2, 0.25) is 5.02 Å². The molecule has 0 unspecified atom stereocenters. The van der Waals surface area contributed by atoms with Crippen molar-refractivity contribution in [3.05, 3.63) is 40.4 Å². The van der Waals surface area contributed by atoms with Gasteiger partial charge in [-0.1, -0.05) is 11.6 Å². The van der Waals surface area contributed by atoms with Crippen molar-refractivity contribution in [2.24, 2.45) is 0 Å². The monoisotopic (exact) mass is 253 g/mol. The zero-order chi connectivity index (χ0) is 12.4. The SMILES string of the molecule is CCn1nc(C)c(Cl)c1Cn1cccc1CO. The van der Waals surface area contributed by atoms with Gasteiger partial charge < -0.3 is 9.67 Å². The molecule has 2 rings (SSSR count). The number of aliphatic hydroxyl groups excluding tert-OH is 1. The van der Waals surface area contributed by atoms with Crippen molar-refractivity contribution in [3.8, 4) is 0 Å². The molecule has 0 bridgehead atoms. The Hall–Kier alpha value is -1.26. The first kappa shape index (κ1) is 12.2. The average molecular weight is 254 g/mol. The summed E-state index contributed by atoms with van der Waals surface area (Å²) >= 11 is 6.25. The summed E-state index contributed by atoms with van der Waals surface area (Å²) in [7, 11) is 0. The van der Waals surface area contributed by atoms with Gasteiger partial charge in [0.2, 0.25) is 0 Å². The van der Waals surface area contributed by atoms with E-state index in [9.17, 15) is 5.11 Å². The summed E-state index contributed by atoms with van der Waals surface area (Å²) < 4.78 is 3.88. The quantitative estimate of drug-likeness (QED) is 0.908. The van der Waals surface area contributed by atoms with Crippen molar-refractivity contribution in [2.75, 3.05) is 0 Å². The van der Waals surface area contributed by atoms with E-state index in [2.05, 4.69) is 5.10 Å². The Bertz CT molecular complexity index is 516. The van der Waals surface area contributed by atoms with E-state index < -0.39 is 0 Å². The highest BCUT2D eigenvalue weighted by Crippen LogP contribution is 2.21. The number of nitrogens with zero attached hydrogens (tertiary/aromatic N) is 3. The van der Waals surface area contributed by atoms with E-state index in [0.29, 0.717) is 11.6 Å². The van der Waals surface area contributed by atoms with Crippen LogP contribution in [0.3, 0.4) is 0 Å². The zero-order valence-corrected chi connectivity index (χ0v) is 10.8. The maximum atomic E-state index is 9.21. The molecule has 0 atom stereocenters. The van der Waals surface area contributed by atoms with Gasteiger partial charge in [-0.3, -0.25) is 4.68 Å². The number of rotatable bonds is 4. The molecule has 0 radical (unpaired) electrons. The van der Waals surface area contributed by atoms with E-state index in [1.54, 1.807) is 0 Å². The second kappa shape index (κ2) is 4.94. The maximum Gasteiger partial charge on any atom is 0.0865 e. The standard InChI is InChI=1S/C12H16ClN3O/c1-3-16-11(12(13)9(2)14-16)7-15-6-4-5-10(15)8-17/h4-6,17H,3,7-8H2,1-2H3. The lowest BCUT2D eigenvalue weighted by atomic mass is 10.3. The third-order valence-electron chi connectivity index (χ3n) is 2.86. The van der Waals surface area contributed by atoms with Crippen molar-refractivity contribution in [2.45, 2.75) is 33.5 Å². The number of halogens is 1. The Morgan fingerprint density at radius 2 is 2.24 bits per heavy atom. The summed E-state index contributed by atoms with van der Waals surface area (Å²) in [5.74, 6) is 0. The van der Waals surface area contributed by atoms with Gasteiger partial charge in [0.1, 0.15) is 0 Å². The Labute approximate surface area is 105 Å². The molecule has 4 nitrogen and oxygen atoms in total. The van der Waals surface area contributed by atoms with E-state index in [1.165, 1.54) is 0 Å². The molecule has 92 valence electrons. The lowest BCUT2D eigenvalue weighted by molar-refractivity contribution is 0.271. The van der Waals surface area contributed by atoms with Crippen LogP contribution in [0, 0.1) is 6.92 Å². The van der Waals surface area contributed by atoms with Gasteiger partial charge in [-0.25, -0.2) is 0 Å². The van der Waals surface area contributed by atoms with Crippen molar-refractivity contribution in [3.63, 3.8) is 0 Å². The maximum absolute atomic E-state index is 9.21. The van der Waals surface area contributed by atoms with Gasteiger partial charge in [-0.15, -0.1) is 0 Å². The summed E-state index contributed by atoms with van der Waals surface area (Å²) in [4.78, 5) is 0. The number of aryl methyl sites for hydroxylation is 2. The molecule has 0 amide bonds. The molecule has 0 spiro atoms. The molecule has 0 aliphatic rings. The third kappa shape index (κ3) is 2.23. The summed E-state index contributed by atoms with van der Waals surface area (Å²) in [6.45, 7) is 5.40. The number of aliphatic hydroxyl groups is 1. The average Bonchev–Trinajstić information content (AvgIpc) is 2.88. The first-order valence-corrected chi connectivity index (χ1v) is 6.01. The highest BCUT2D eigenvalue weighted by atomic mass is 35.5. The summed E-state index contributed by atoms with van der Waals surface area (Å²) in [6, 6.07) is 3.81. The lowest BCUT2D eigenvalue weighted by Gasteiger charge is -2.09. The molecule has 0 aliphatic heterocycles. The fourth-order valence-electron chi connectivity index (χ4n) is 1.93. The number of hydrogen-bond donors (Lipinski definition) is 1. The van der Waals surface area contributed by atoms with Crippen LogP contribution in [0.5, 0.6) is 0 Å². The first-order valence-electron chi connectivity index (χ1n) is 5.64. The van der Waals surface area contributed by atoms with Crippen molar-refractivity contribution in [1.82, 2.24) is 14.3 Å². The van der Waals surface area contributed by atoms with E-state index in [-0.39, 0.29) is 6.61 Å². The van der Waals surface area contributed by atoms with Crippen LogP contribution in [0.4, 0.5) is 0 Å². The fourth-order valence-corrected chi connectivity index (χ4v) is 2.12. The second-order valence-corrected chi connectivity index (χ2v) is 4.33. The normalized spacial score (nSPS) is 11.1. The Morgan fingerprint density at radius 1 is 1.47 bits per heavy atom. The topological polar surface area (TPSA) is 43.0 Å². The van der Waals surface area contributed by atoms with Crippen LogP contribution in [-0.4, -0.2) is 19.5 Å². The van der Waals surface area contributed by atoms with Crippen LogP contribution in [0.1, 0.15) is 24.0 Å².